The van der Waals surface area contributed by atoms with E-state index in [0.29, 0.717) is 6.54 Å². The zero-order valence-corrected chi connectivity index (χ0v) is 15.6. The summed E-state index contributed by atoms with van der Waals surface area (Å²) in [5, 5.41) is 6.41. The van der Waals surface area contributed by atoms with Crippen molar-refractivity contribution in [1.29, 1.82) is 0 Å². The predicted octanol–water partition coefficient (Wildman–Crippen LogP) is 3.94. The highest BCUT2D eigenvalue weighted by Crippen LogP contribution is 2.22. The highest BCUT2D eigenvalue weighted by atomic mass is 16.1. The van der Waals surface area contributed by atoms with E-state index in [1.54, 1.807) is 0 Å². The van der Waals surface area contributed by atoms with Crippen LogP contribution in [0.1, 0.15) is 48.7 Å². The molecule has 0 aromatic heterocycles. The molecular weight excluding hydrogens is 308 g/mol. The first-order valence-electron chi connectivity index (χ1n) is 9.10. The lowest BCUT2D eigenvalue weighted by molar-refractivity contribution is 0.0953. The van der Waals surface area contributed by atoms with E-state index in [1.807, 2.05) is 30.3 Å². The molecule has 0 spiro atoms. The van der Waals surface area contributed by atoms with E-state index in [0.717, 1.165) is 31.5 Å². The summed E-state index contributed by atoms with van der Waals surface area (Å²) in [6.45, 7) is 9.09. The van der Waals surface area contributed by atoms with Gasteiger partial charge in [-0.2, -0.15) is 0 Å². The first-order chi connectivity index (χ1) is 12.0. The van der Waals surface area contributed by atoms with Crippen LogP contribution in [0.15, 0.2) is 54.6 Å². The van der Waals surface area contributed by atoms with Gasteiger partial charge in [0.05, 0.1) is 0 Å². The van der Waals surface area contributed by atoms with Gasteiger partial charge in [0, 0.05) is 12.1 Å². The molecule has 0 saturated carbocycles. The number of amides is 1. The molecule has 3 heteroatoms. The third-order valence-corrected chi connectivity index (χ3v) is 4.26. The van der Waals surface area contributed by atoms with Crippen LogP contribution in [0.5, 0.6) is 0 Å². The van der Waals surface area contributed by atoms with Gasteiger partial charge in [-0.05, 0) is 54.6 Å². The molecule has 0 radical (unpaired) electrons. The van der Waals surface area contributed by atoms with E-state index >= 15 is 0 Å². The Labute approximate surface area is 151 Å². The third-order valence-electron chi connectivity index (χ3n) is 4.26. The number of hydrogen-bond donors (Lipinski definition) is 2. The van der Waals surface area contributed by atoms with Crippen LogP contribution in [0.25, 0.3) is 0 Å². The standard InChI is InChI=1S/C22H30N2O/c1-22(2,3)20-12-10-19(11-13-20)21(25)24-16-7-15-23-17-14-18-8-5-4-6-9-18/h4-6,8-13,23H,7,14-17H2,1-3H3,(H,24,25). The van der Waals surface area contributed by atoms with Crippen LogP contribution in [0.3, 0.4) is 0 Å². The van der Waals surface area contributed by atoms with E-state index in [1.165, 1.54) is 11.1 Å². The number of carbonyl (C=O) groups is 1. The predicted molar refractivity (Wildman–Crippen MR) is 105 cm³/mol. The number of hydrogen-bond acceptors (Lipinski definition) is 2. The maximum Gasteiger partial charge on any atom is 0.251 e. The summed E-state index contributed by atoms with van der Waals surface area (Å²) >= 11 is 0. The van der Waals surface area contributed by atoms with Gasteiger partial charge in [-0.15, -0.1) is 0 Å². The lowest BCUT2D eigenvalue weighted by atomic mass is 9.87. The van der Waals surface area contributed by atoms with Gasteiger partial charge in [0.25, 0.3) is 5.91 Å². The molecule has 0 bridgehead atoms. The fourth-order valence-electron chi connectivity index (χ4n) is 2.64. The molecule has 2 aromatic rings. The molecular formula is C22H30N2O. The quantitative estimate of drug-likeness (QED) is 0.716. The minimum Gasteiger partial charge on any atom is -0.352 e. The van der Waals surface area contributed by atoms with Gasteiger partial charge in [0.15, 0.2) is 0 Å². The van der Waals surface area contributed by atoms with Crippen molar-refractivity contribution in [3.63, 3.8) is 0 Å². The van der Waals surface area contributed by atoms with Crippen molar-refractivity contribution in [3.8, 4) is 0 Å². The minimum absolute atomic E-state index is 0.00439. The van der Waals surface area contributed by atoms with Gasteiger partial charge in [-0.3, -0.25) is 4.79 Å². The van der Waals surface area contributed by atoms with Crippen molar-refractivity contribution in [2.45, 2.75) is 39.0 Å². The highest BCUT2D eigenvalue weighted by molar-refractivity contribution is 5.94. The average molecular weight is 338 g/mol. The summed E-state index contributed by atoms with van der Waals surface area (Å²) in [5.74, 6) is 0.00439. The molecule has 2 rings (SSSR count). The fourth-order valence-corrected chi connectivity index (χ4v) is 2.64. The van der Waals surface area contributed by atoms with Gasteiger partial charge in [-0.1, -0.05) is 63.2 Å². The van der Waals surface area contributed by atoms with Crippen LogP contribution in [-0.4, -0.2) is 25.5 Å². The molecule has 0 atom stereocenters. The average Bonchev–Trinajstić information content (AvgIpc) is 2.61. The molecule has 0 aliphatic carbocycles. The molecule has 3 nitrogen and oxygen atoms in total. The Kier molecular flexibility index (Phi) is 7.20. The van der Waals surface area contributed by atoms with Gasteiger partial charge in [-0.25, -0.2) is 0 Å². The van der Waals surface area contributed by atoms with Crippen molar-refractivity contribution < 1.29 is 4.79 Å². The number of rotatable bonds is 8. The van der Waals surface area contributed by atoms with Gasteiger partial charge in [0.1, 0.15) is 0 Å². The van der Waals surface area contributed by atoms with Crippen molar-refractivity contribution in [1.82, 2.24) is 10.6 Å². The SMILES string of the molecule is CC(C)(C)c1ccc(C(=O)NCCCNCCc2ccccc2)cc1. The Bertz CT molecular complexity index is 642. The van der Waals surface area contributed by atoms with Crippen molar-refractivity contribution in [2.24, 2.45) is 0 Å². The normalized spacial score (nSPS) is 11.3. The number of nitrogens with one attached hydrogen (secondary N) is 2. The lowest BCUT2D eigenvalue weighted by Gasteiger charge is -2.19. The summed E-state index contributed by atoms with van der Waals surface area (Å²) in [7, 11) is 0. The van der Waals surface area contributed by atoms with E-state index in [-0.39, 0.29) is 11.3 Å². The van der Waals surface area contributed by atoms with E-state index < -0.39 is 0 Å². The molecule has 2 N–H and O–H groups in total. The molecule has 0 aliphatic rings. The van der Waals surface area contributed by atoms with Crippen molar-refractivity contribution in [3.05, 3.63) is 71.3 Å². The first-order valence-corrected chi connectivity index (χ1v) is 9.10. The van der Waals surface area contributed by atoms with E-state index in [4.69, 9.17) is 0 Å². The largest absolute Gasteiger partial charge is 0.352 e. The van der Waals surface area contributed by atoms with E-state index in [9.17, 15) is 4.79 Å². The Morgan fingerprint density at radius 3 is 2.20 bits per heavy atom. The lowest BCUT2D eigenvalue weighted by Crippen LogP contribution is -2.28. The van der Waals surface area contributed by atoms with Crippen LogP contribution in [0.4, 0.5) is 0 Å². The molecule has 0 saturated heterocycles. The Hall–Kier alpha value is -2.13. The summed E-state index contributed by atoms with van der Waals surface area (Å²) in [6.07, 6.45) is 1.97. The Balaban J connectivity index is 1.60. The Morgan fingerprint density at radius 2 is 1.56 bits per heavy atom. The second-order valence-electron chi connectivity index (χ2n) is 7.42. The first kappa shape index (κ1) is 19.2. The second-order valence-corrected chi connectivity index (χ2v) is 7.42. The summed E-state index contributed by atoms with van der Waals surface area (Å²) in [6, 6.07) is 18.4. The summed E-state index contributed by atoms with van der Waals surface area (Å²) < 4.78 is 0. The van der Waals surface area contributed by atoms with Crippen LogP contribution < -0.4 is 10.6 Å². The Morgan fingerprint density at radius 1 is 0.880 bits per heavy atom. The molecule has 0 aliphatic heterocycles. The van der Waals surface area contributed by atoms with Crippen molar-refractivity contribution in [2.75, 3.05) is 19.6 Å². The molecule has 0 fully saturated rings. The third kappa shape index (κ3) is 6.71. The van der Waals surface area contributed by atoms with Crippen LogP contribution in [0.2, 0.25) is 0 Å². The smallest absolute Gasteiger partial charge is 0.251 e. The fraction of sp³-hybridized carbons (Fsp3) is 0.409. The van der Waals surface area contributed by atoms with Gasteiger partial charge < -0.3 is 10.6 Å². The van der Waals surface area contributed by atoms with Gasteiger partial charge >= 0.3 is 0 Å². The zero-order chi connectivity index (χ0) is 18.1. The van der Waals surface area contributed by atoms with Crippen molar-refractivity contribution >= 4 is 5.91 Å². The topological polar surface area (TPSA) is 41.1 Å². The number of benzene rings is 2. The minimum atomic E-state index is 0.00439. The van der Waals surface area contributed by atoms with Crippen LogP contribution in [0, 0.1) is 0 Å². The summed E-state index contributed by atoms with van der Waals surface area (Å²) in [4.78, 5) is 12.1. The molecule has 0 heterocycles. The molecule has 134 valence electrons. The molecule has 0 unspecified atom stereocenters. The van der Waals surface area contributed by atoms with E-state index in [2.05, 4.69) is 55.7 Å². The molecule has 25 heavy (non-hydrogen) atoms. The van der Waals surface area contributed by atoms with Gasteiger partial charge in [0.2, 0.25) is 0 Å². The monoisotopic (exact) mass is 338 g/mol. The van der Waals surface area contributed by atoms with Crippen LogP contribution in [-0.2, 0) is 11.8 Å². The number of carbonyl (C=O) groups excluding carboxylic acids is 1. The summed E-state index contributed by atoms with van der Waals surface area (Å²) in [5.41, 5.74) is 3.43. The molecule has 1 amide bonds. The zero-order valence-electron chi connectivity index (χ0n) is 15.6. The maximum atomic E-state index is 12.1. The molecule has 2 aromatic carbocycles. The second kappa shape index (κ2) is 9.38. The highest BCUT2D eigenvalue weighted by Gasteiger charge is 2.14. The van der Waals surface area contributed by atoms with Crippen LogP contribution >= 0.6 is 0 Å². The maximum absolute atomic E-state index is 12.1.